The number of hydrogen-bond donors (Lipinski definition) is 2. The predicted octanol–water partition coefficient (Wildman–Crippen LogP) is 2.42. The molecule has 0 fully saturated rings. The van der Waals surface area contributed by atoms with Crippen molar-refractivity contribution in [1.29, 1.82) is 0 Å². The minimum absolute atomic E-state index is 0.0275. The average Bonchev–Trinajstić information content (AvgIpc) is 3.20. The van der Waals surface area contributed by atoms with Crippen LogP contribution in [0.25, 0.3) is 0 Å². The summed E-state index contributed by atoms with van der Waals surface area (Å²) in [5.41, 5.74) is 0.0275. The van der Waals surface area contributed by atoms with Crippen LogP contribution in [0.3, 0.4) is 0 Å². The van der Waals surface area contributed by atoms with E-state index in [0.717, 1.165) is 17.0 Å². The maximum absolute atomic E-state index is 12.1. The molecule has 2 N–H and O–H groups in total. The van der Waals surface area contributed by atoms with Crippen LogP contribution in [0, 0.1) is 0 Å². The van der Waals surface area contributed by atoms with Gasteiger partial charge in [-0.3, -0.25) is 24.5 Å². The molecule has 0 aliphatic heterocycles. The number of esters is 1. The number of alkyl halides is 2. The van der Waals surface area contributed by atoms with E-state index in [1.165, 1.54) is 30.4 Å². The highest BCUT2D eigenvalue weighted by Crippen LogP contribution is 2.22. The molecular weight excluding hydrogens is 422 g/mol. The molecule has 0 saturated heterocycles. The molecule has 30 heavy (non-hydrogen) atoms. The number of halogens is 2. The molecule has 160 valence electrons. The first kappa shape index (κ1) is 22.9. The second kappa shape index (κ2) is 11.0. The summed E-state index contributed by atoms with van der Waals surface area (Å²) in [4.78, 5) is 47.9. The van der Waals surface area contributed by atoms with Gasteiger partial charge in [-0.1, -0.05) is 6.07 Å². The van der Waals surface area contributed by atoms with Gasteiger partial charge in [-0.25, -0.2) is 0 Å². The van der Waals surface area contributed by atoms with Crippen LogP contribution >= 0.6 is 11.3 Å². The van der Waals surface area contributed by atoms with Gasteiger partial charge < -0.3 is 14.8 Å². The molecule has 1 heterocycles. The maximum Gasteiger partial charge on any atom is 0.387 e. The van der Waals surface area contributed by atoms with Gasteiger partial charge in [0.2, 0.25) is 5.91 Å². The highest BCUT2D eigenvalue weighted by Gasteiger charge is 2.20. The Balaban J connectivity index is 1.82. The van der Waals surface area contributed by atoms with E-state index in [-0.39, 0.29) is 23.6 Å². The van der Waals surface area contributed by atoms with Gasteiger partial charge in [0.25, 0.3) is 11.8 Å². The Morgan fingerprint density at radius 3 is 2.37 bits per heavy atom. The van der Waals surface area contributed by atoms with Crippen LogP contribution in [0.15, 0.2) is 41.8 Å². The average molecular weight is 440 g/mol. The molecule has 1 aromatic carbocycles. The highest BCUT2D eigenvalue weighted by molar-refractivity contribution is 7.10. The van der Waals surface area contributed by atoms with Crippen molar-refractivity contribution in [2.75, 3.05) is 6.61 Å². The van der Waals surface area contributed by atoms with E-state index in [9.17, 15) is 28.0 Å². The Labute approximate surface area is 174 Å². The number of imide groups is 1. The van der Waals surface area contributed by atoms with Crippen molar-refractivity contribution >= 4 is 35.0 Å². The summed E-state index contributed by atoms with van der Waals surface area (Å²) in [5, 5.41) is 6.44. The Bertz CT molecular complexity index is 887. The standard InChI is InChI=1S/C19H18F2N2O6S/c1-11(24)22-14(15-3-2-8-30-15)9-17(26)28-10-16(25)23-18(27)12-4-6-13(7-5-12)29-19(20)21/h2-8,14,19H,9-10H2,1H3,(H,22,24)(H,23,25,27)/t14-/m1/s1. The van der Waals surface area contributed by atoms with Gasteiger partial charge in [-0.05, 0) is 35.7 Å². The molecule has 3 amide bonds. The number of amides is 3. The third kappa shape index (κ3) is 7.59. The summed E-state index contributed by atoms with van der Waals surface area (Å²) in [6, 6.07) is 7.63. The summed E-state index contributed by atoms with van der Waals surface area (Å²) in [6.45, 7) is -2.38. The van der Waals surface area contributed by atoms with Crippen LogP contribution in [0.2, 0.25) is 0 Å². The minimum atomic E-state index is -2.99. The molecule has 0 radical (unpaired) electrons. The lowest BCUT2D eigenvalue weighted by atomic mass is 10.1. The zero-order valence-corrected chi connectivity index (χ0v) is 16.5. The van der Waals surface area contributed by atoms with E-state index >= 15 is 0 Å². The SMILES string of the molecule is CC(=O)N[C@H](CC(=O)OCC(=O)NC(=O)c1ccc(OC(F)F)cc1)c1cccs1. The molecular formula is C19H18F2N2O6S. The fraction of sp³-hybridized carbons (Fsp3) is 0.263. The van der Waals surface area contributed by atoms with Crippen LogP contribution in [0.5, 0.6) is 5.75 Å². The van der Waals surface area contributed by atoms with Crippen LogP contribution < -0.4 is 15.4 Å². The van der Waals surface area contributed by atoms with Gasteiger partial charge in [-0.15, -0.1) is 11.3 Å². The predicted molar refractivity (Wildman–Crippen MR) is 102 cm³/mol. The summed E-state index contributed by atoms with van der Waals surface area (Å²) in [5.74, 6) is -2.86. The van der Waals surface area contributed by atoms with Crippen molar-refractivity contribution in [3.8, 4) is 5.75 Å². The molecule has 0 aliphatic carbocycles. The zero-order chi connectivity index (χ0) is 22.1. The maximum atomic E-state index is 12.1. The first-order chi connectivity index (χ1) is 14.2. The van der Waals surface area contributed by atoms with Gasteiger partial charge in [-0.2, -0.15) is 8.78 Å². The largest absolute Gasteiger partial charge is 0.455 e. The van der Waals surface area contributed by atoms with Crippen molar-refractivity contribution in [2.24, 2.45) is 0 Å². The molecule has 1 atom stereocenters. The molecule has 0 spiro atoms. The van der Waals surface area contributed by atoms with E-state index in [2.05, 4.69) is 10.1 Å². The summed E-state index contributed by atoms with van der Waals surface area (Å²) >= 11 is 1.35. The van der Waals surface area contributed by atoms with Crippen LogP contribution in [0.4, 0.5) is 8.78 Å². The van der Waals surface area contributed by atoms with E-state index in [4.69, 9.17) is 4.74 Å². The molecule has 8 nitrogen and oxygen atoms in total. The third-order valence-electron chi connectivity index (χ3n) is 3.59. The Hall–Kier alpha value is -3.34. The smallest absolute Gasteiger partial charge is 0.387 e. The number of hydrogen-bond acceptors (Lipinski definition) is 7. The first-order valence-electron chi connectivity index (χ1n) is 8.59. The lowest BCUT2D eigenvalue weighted by molar-refractivity contribution is -0.149. The molecule has 0 unspecified atom stereocenters. The van der Waals surface area contributed by atoms with Crippen LogP contribution in [0.1, 0.15) is 34.6 Å². The van der Waals surface area contributed by atoms with Crippen molar-refractivity contribution in [3.63, 3.8) is 0 Å². The molecule has 0 aliphatic rings. The van der Waals surface area contributed by atoms with E-state index in [0.29, 0.717) is 0 Å². The molecule has 0 saturated carbocycles. The van der Waals surface area contributed by atoms with Gasteiger partial charge in [0.15, 0.2) is 6.61 Å². The summed E-state index contributed by atoms with van der Waals surface area (Å²) in [7, 11) is 0. The molecule has 11 heteroatoms. The number of carbonyl (C=O) groups excluding carboxylic acids is 4. The lowest BCUT2D eigenvalue weighted by Gasteiger charge is -2.15. The van der Waals surface area contributed by atoms with Crippen LogP contribution in [-0.4, -0.2) is 36.9 Å². The first-order valence-corrected chi connectivity index (χ1v) is 9.47. The van der Waals surface area contributed by atoms with E-state index in [1.807, 2.05) is 5.32 Å². The topological polar surface area (TPSA) is 111 Å². The zero-order valence-electron chi connectivity index (χ0n) is 15.7. The number of benzene rings is 1. The number of nitrogens with one attached hydrogen (secondary N) is 2. The highest BCUT2D eigenvalue weighted by atomic mass is 32.1. The quantitative estimate of drug-likeness (QED) is 0.580. The van der Waals surface area contributed by atoms with Crippen LogP contribution in [-0.2, 0) is 19.1 Å². The van der Waals surface area contributed by atoms with Crippen molar-refractivity contribution in [3.05, 3.63) is 52.2 Å². The molecule has 2 aromatic rings. The van der Waals surface area contributed by atoms with Gasteiger partial charge in [0, 0.05) is 17.4 Å². The molecule has 1 aromatic heterocycles. The second-order valence-electron chi connectivity index (χ2n) is 5.91. The van der Waals surface area contributed by atoms with Crippen molar-refractivity contribution in [1.82, 2.24) is 10.6 Å². The number of carbonyl (C=O) groups is 4. The summed E-state index contributed by atoms with van der Waals surface area (Å²) in [6.07, 6.45) is -0.188. The van der Waals surface area contributed by atoms with Crippen molar-refractivity contribution < 1.29 is 37.4 Å². The Kier molecular flexibility index (Phi) is 8.41. The van der Waals surface area contributed by atoms with Gasteiger partial charge in [0.1, 0.15) is 5.75 Å². The second-order valence-corrected chi connectivity index (χ2v) is 6.89. The lowest BCUT2D eigenvalue weighted by Crippen LogP contribution is -2.34. The van der Waals surface area contributed by atoms with E-state index < -0.39 is 37.0 Å². The van der Waals surface area contributed by atoms with Gasteiger partial charge >= 0.3 is 12.6 Å². The third-order valence-corrected chi connectivity index (χ3v) is 4.58. The molecule has 2 rings (SSSR count). The fourth-order valence-corrected chi connectivity index (χ4v) is 3.13. The fourth-order valence-electron chi connectivity index (χ4n) is 2.35. The number of rotatable bonds is 9. The number of ether oxygens (including phenoxy) is 2. The van der Waals surface area contributed by atoms with E-state index in [1.54, 1.807) is 17.5 Å². The van der Waals surface area contributed by atoms with Gasteiger partial charge in [0.05, 0.1) is 12.5 Å². The molecule has 0 bridgehead atoms. The normalized spacial score (nSPS) is 11.5. The minimum Gasteiger partial charge on any atom is -0.455 e. The Morgan fingerprint density at radius 2 is 1.80 bits per heavy atom. The van der Waals surface area contributed by atoms with Crippen molar-refractivity contribution in [2.45, 2.75) is 26.0 Å². The Morgan fingerprint density at radius 1 is 1.10 bits per heavy atom. The summed E-state index contributed by atoms with van der Waals surface area (Å²) < 4.78 is 33.3. The number of thiophene rings is 1. The monoisotopic (exact) mass is 440 g/mol.